The van der Waals surface area contributed by atoms with Crippen molar-refractivity contribution in [3.63, 3.8) is 0 Å². The zero-order chi connectivity index (χ0) is 17.3. The quantitative estimate of drug-likeness (QED) is 0.932. The Morgan fingerprint density at radius 3 is 2.71 bits per heavy atom. The lowest BCUT2D eigenvalue weighted by Gasteiger charge is -2.27. The summed E-state index contributed by atoms with van der Waals surface area (Å²) >= 11 is 0. The van der Waals surface area contributed by atoms with E-state index in [1.807, 2.05) is 0 Å². The number of β-amino-alcohol motifs (C(OH)–C–C–N with tert-alkyl or cyclic N) is 1. The molecule has 1 saturated heterocycles. The molecule has 128 valence electrons. The Morgan fingerprint density at radius 2 is 2.00 bits per heavy atom. The van der Waals surface area contributed by atoms with Crippen LogP contribution < -0.4 is 9.64 Å². The fourth-order valence-corrected chi connectivity index (χ4v) is 2.96. The molecule has 1 aromatic carbocycles. The Labute approximate surface area is 136 Å². The number of aliphatic hydroxyl groups is 1. The van der Waals surface area contributed by atoms with Crippen molar-refractivity contribution in [1.29, 1.82) is 0 Å². The van der Waals surface area contributed by atoms with Gasteiger partial charge in [0.05, 0.1) is 24.8 Å². The smallest absolute Gasteiger partial charge is 0.416 e. The molecule has 0 spiro atoms. The molecule has 0 amide bonds. The monoisotopic (exact) mass is 339 g/mol. The number of anilines is 1. The molecule has 1 fully saturated rings. The van der Waals surface area contributed by atoms with Crippen LogP contribution in [-0.4, -0.2) is 34.8 Å². The molecule has 24 heavy (non-hydrogen) atoms. The third-order valence-corrected chi connectivity index (χ3v) is 3.99. The number of aliphatic hydroxyl groups excluding tert-OH is 1. The van der Waals surface area contributed by atoms with E-state index in [1.165, 1.54) is 25.4 Å². The van der Waals surface area contributed by atoms with Gasteiger partial charge in [-0.15, -0.1) is 0 Å². The van der Waals surface area contributed by atoms with Gasteiger partial charge in [0.2, 0.25) is 11.8 Å². The molecule has 0 saturated carbocycles. The highest BCUT2D eigenvalue weighted by molar-refractivity contribution is 5.44. The number of benzene rings is 1. The maximum absolute atomic E-state index is 13.3. The normalized spacial score (nSPS) is 21.1. The van der Waals surface area contributed by atoms with E-state index in [9.17, 15) is 18.3 Å². The maximum Gasteiger partial charge on any atom is 0.416 e. The summed E-state index contributed by atoms with van der Waals surface area (Å²) in [5.74, 6) is 0.539. The molecule has 2 heterocycles. The molecule has 8 heteroatoms. The van der Waals surface area contributed by atoms with E-state index in [-0.39, 0.29) is 24.5 Å². The van der Waals surface area contributed by atoms with Crippen LogP contribution in [-0.2, 0) is 6.18 Å². The molecule has 3 rings (SSSR count). The molecule has 1 aliphatic heterocycles. The van der Waals surface area contributed by atoms with Gasteiger partial charge in [-0.2, -0.15) is 18.2 Å². The number of nitrogens with zero attached hydrogens (tertiary/aromatic N) is 3. The predicted octanol–water partition coefficient (Wildman–Crippen LogP) is 2.82. The van der Waals surface area contributed by atoms with E-state index < -0.39 is 23.9 Å². The number of hydrogen-bond acceptors (Lipinski definition) is 5. The second-order valence-electron chi connectivity index (χ2n) is 5.54. The Balaban J connectivity index is 2.03. The summed E-state index contributed by atoms with van der Waals surface area (Å²) in [4.78, 5) is 9.87. The van der Waals surface area contributed by atoms with E-state index >= 15 is 0 Å². The number of methoxy groups -OCH3 is 1. The first-order valence-electron chi connectivity index (χ1n) is 7.38. The molecule has 2 aromatic rings. The molecule has 1 N–H and O–H groups in total. The molecule has 2 atom stereocenters. The summed E-state index contributed by atoms with van der Waals surface area (Å²) in [6.07, 6.45) is -3.58. The summed E-state index contributed by atoms with van der Waals surface area (Å²) in [7, 11) is 1.45. The number of halogens is 3. The SMILES string of the molecule is COc1ccnc(N2CC(O)CC2c2ccccc2C(F)(F)F)n1. The van der Waals surface area contributed by atoms with Crippen molar-refractivity contribution in [3.05, 3.63) is 47.7 Å². The lowest BCUT2D eigenvalue weighted by molar-refractivity contribution is -0.138. The van der Waals surface area contributed by atoms with Crippen LogP contribution in [0.1, 0.15) is 23.6 Å². The van der Waals surface area contributed by atoms with Crippen LogP contribution in [0.15, 0.2) is 36.5 Å². The van der Waals surface area contributed by atoms with Gasteiger partial charge >= 0.3 is 6.18 Å². The minimum absolute atomic E-state index is 0.105. The molecular formula is C16H16F3N3O2. The van der Waals surface area contributed by atoms with Gasteiger partial charge in [0.15, 0.2) is 0 Å². The minimum atomic E-state index is -4.47. The van der Waals surface area contributed by atoms with Crippen molar-refractivity contribution in [2.24, 2.45) is 0 Å². The average molecular weight is 339 g/mol. The van der Waals surface area contributed by atoms with Crippen LogP contribution >= 0.6 is 0 Å². The highest BCUT2D eigenvalue weighted by Crippen LogP contribution is 2.41. The van der Waals surface area contributed by atoms with Gasteiger partial charge < -0.3 is 14.7 Å². The highest BCUT2D eigenvalue weighted by atomic mass is 19.4. The molecule has 1 aliphatic rings. The third kappa shape index (κ3) is 3.14. The summed E-state index contributed by atoms with van der Waals surface area (Å²) in [6.45, 7) is 0.157. The van der Waals surface area contributed by atoms with E-state index in [4.69, 9.17) is 4.74 Å². The van der Waals surface area contributed by atoms with Gasteiger partial charge in [0.1, 0.15) is 0 Å². The number of hydrogen-bond donors (Lipinski definition) is 1. The standard InChI is InChI=1S/C16H16F3N3O2/c1-24-14-6-7-20-15(21-14)22-9-10(23)8-13(22)11-4-2-3-5-12(11)16(17,18)19/h2-7,10,13,23H,8-9H2,1H3. The van der Waals surface area contributed by atoms with Crippen molar-refractivity contribution in [2.45, 2.75) is 24.7 Å². The van der Waals surface area contributed by atoms with Crippen molar-refractivity contribution in [2.75, 3.05) is 18.6 Å². The fourth-order valence-electron chi connectivity index (χ4n) is 2.96. The fraction of sp³-hybridized carbons (Fsp3) is 0.375. The second kappa shape index (κ2) is 6.27. The van der Waals surface area contributed by atoms with Crippen molar-refractivity contribution < 1.29 is 23.0 Å². The number of aromatic nitrogens is 2. The lowest BCUT2D eigenvalue weighted by Crippen LogP contribution is -2.27. The van der Waals surface area contributed by atoms with Crippen molar-refractivity contribution >= 4 is 5.95 Å². The number of alkyl halides is 3. The van der Waals surface area contributed by atoms with Gasteiger partial charge in [-0.05, 0) is 18.1 Å². The number of ether oxygens (including phenoxy) is 1. The van der Waals surface area contributed by atoms with Crippen LogP contribution in [0.25, 0.3) is 0 Å². The van der Waals surface area contributed by atoms with Gasteiger partial charge in [0.25, 0.3) is 0 Å². The van der Waals surface area contributed by atoms with Gasteiger partial charge in [-0.25, -0.2) is 4.98 Å². The van der Waals surface area contributed by atoms with Gasteiger partial charge in [0, 0.05) is 18.8 Å². The summed E-state index contributed by atoms with van der Waals surface area (Å²) in [6, 6.07) is 6.27. The number of rotatable bonds is 3. The van der Waals surface area contributed by atoms with E-state index in [0.717, 1.165) is 6.07 Å². The van der Waals surface area contributed by atoms with Crippen molar-refractivity contribution in [1.82, 2.24) is 9.97 Å². The molecule has 0 radical (unpaired) electrons. The van der Waals surface area contributed by atoms with E-state index in [0.29, 0.717) is 5.88 Å². The predicted molar refractivity (Wildman–Crippen MR) is 80.7 cm³/mol. The first-order valence-corrected chi connectivity index (χ1v) is 7.38. The van der Waals surface area contributed by atoms with Crippen LogP contribution in [0.2, 0.25) is 0 Å². The lowest BCUT2D eigenvalue weighted by atomic mass is 9.97. The Bertz CT molecular complexity index is 724. The summed E-state index contributed by atoms with van der Waals surface area (Å²) in [5.41, 5.74) is -0.607. The Kier molecular flexibility index (Phi) is 4.31. The first-order chi connectivity index (χ1) is 11.4. The Morgan fingerprint density at radius 1 is 1.25 bits per heavy atom. The van der Waals surface area contributed by atoms with E-state index in [1.54, 1.807) is 17.0 Å². The topological polar surface area (TPSA) is 58.5 Å². The molecular weight excluding hydrogens is 323 g/mol. The minimum Gasteiger partial charge on any atom is -0.481 e. The van der Waals surface area contributed by atoms with Gasteiger partial charge in [-0.1, -0.05) is 18.2 Å². The highest BCUT2D eigenvalue weighted by Gasteiger charge is 2.40. The van der Waals surface area contributed by atoms with Crippen LogP contribution in [0, 0.1) is 0 Å². The average Bonchev–Trinajstić information content (AvgIpc) is 2.96. The second-order valence-corrected chi connectivity index (χ2v) is 5.54. The van der Waals surface area contributed by atoms with Crippen LogP contribution in [0.3, 0.4) is 0 Å². The first kappa shape index (κ1) is 16.5. The van der Waals surface area contributed by atoms with E-state index in [2.05, 4.69) is 9.97 Å². The largest absolute Gasteiger partial charge is 0.481 e. The molecule has 2 unspecified atom stereocenters. The zero-order valence-corrected chi connectivity index (χ0v) is 12.9. The molecule has 0 aliphatic carbocycles. The summed E-state index contributed by atoms with van der Waals surface area (Å²) in [5, 5.41) is 10.0. The van der Waals surface area contributed by atoms with Gasteiger partial charge in [-0.3, -0.25) is 0 Å². The zero-order valence-electron chi connectivity index (χ0n) is 12.9. The molecule has 1 aromatic heterocycles. The van der Waals surface area contributed by atoms with Crippen molar-refractivity contribution in [3.8, 4) is 5.88 Å². The Hall–Kier alpha value is -2.35. The van der Waals surface area contributed by atoms with Crippen LogP contribution in [0.5, 0.6) is 5.88 Å². The van der Waals surface area contributed by atoms with Crippen LogP contribution in [0.4, 0.5) is 19.1 Å². The summed E-state index contributed by atoms with van der Waals surface area (Å²) < 4.78 is 45.0. The third-order valence-electron chi connectivity index (χ3n) is 3.99. The molecule has 0 bridgehead atoms. The maximum atomic E-state index is 13.3. The molecule has 5 nitrogen and oxygen atoms in total.